The molecule has 0 aliphatic heterocycles. The molecule has 0 spiro atoms. The number of carbonyl (C=O) groups is 1. The van der Waals surface area contributed by atoms with Crippen molar-refractivity contribution < 1.29 is 14.1 Å². The number of aryl methyl sites for hydroxylation is 2. The number of amides is 1. The largest absolute Gasteiger partial charge is 0.451 e. The Kier molecular flexibility index (Phi) is 4.94. The molecule has 164 valence electrons. The lowest BCUT2D eigenvalue weighted by molar-refractivity contribution is -0.384. The molecule has 2 aromatic carbocycles. The first kappa shape index (κ1) is 20.5. The molecule has 0 unspecified atom stereocenters. The highest BCUT2D eigenvalue weighted by Crippen LogP contribution is 2.32. The lowest BCUT2D eigenvalue weighted by Crippen LogP contribution is -2.11. The highest BCUT2D eigenvalue weighted by atomic mass is 32.1. The predicted molar refractivity (Wildman–Crippen MR) is 122 cm³/mol. The summed E-state index contributed by atoms with van der Waals surface area (Å²) < 4.78 is 7.32. The third-order valence-corrected chi connectivity index (χ3v) is 6.02. The van der Waals surface area contributed by atoms with Crippen molar-refractivity contribution in [2.75, 3.05) is 5.32 Å². The number of aromatic nitrogens is 4. The van der Waals surface area contributed by atoms with Crippen molar-refractivity contribution >= 4 is 33.6 Å². The van der Waals surface area contributed by atoms with Gasteiger partial charge in [-0.1, -0.05) is 35.6 Å². The number of nitro groups is 1. The number of carbonyl (C=O) groups excluding carboxylic acids is 1. The van der Waals surface area contributed by atoms with E-state index in [0.717, 1.165) is 16.1 Å². The number of benzene rings is 2. The molecule has 3 aromatic heterocycles. The predicted octanol–water partition coefficient (Wildman–Crippen LogP) is 4.89. The van der Waals surface area contributed by atoms with E-state index in [9.17, 15) is 14.9 Å². The maximum Gasteiger partial charge on any atom is 0.291 e. The van der Waals surface area contributed by atoms with E-state index in [1.165, 1.54) is 23.5 Å². The number of nitrogens with zero attached hydrogens (tertiary/aromatic N) is 5. The molecular weight excluding hydrogens is 444 g/mol. The Morgan fingerprint density at radius 2 is 1.94 bits per heavy atom. The van der Waals surface area contributed by atoms with Gasteiger partial charge in [-0.15, -0.1) is 10.2 Å². The van der Waals surface area contributed by atoms with Crippen molar-refractivity contribution in [1.29, 1.82) is 0 Å². The van der Waals surface area contributed by atoms with Crippen LogP contribution in [0.2, 0.25) is 0 Å². The van der Waals surface area contributed by atoms with Gasteiger partial charge in [-0.25, -0.2) is 0 Å². The SMILES string of the molecule is Cc1ccc(-c2nn3c(C)nnc3s2)cc1NC(=O)c1ccc(-c2ccccc2[N+](=O)[O-])o1. The van der Waals surface area contributed by atoms with Crippen LogP contribution in [0.25, 0.3) is 26.9 Å². The monoisotopic (exact) mass is 460 g/mol. The molecule has 10 nitrogen and oxygen atoms in total. The number of hydrogen-bond donors (Lipinski definition) is 1. The number of furan rings is 1. The van der Waals surface area contributed by atoms with E-state index in [1.54, 1.807) is 28.8 Å². The minimum atomic E-state index is -0.486. The van der Waals surface area contributed by atoms with Gasteiger partial charge in [0.2, 0.25) is 4.96 Å². The molecule has 11 heteroatoms. The summed E-state index contributed by atoms with van der Waals surface area (Å²) in [4.78, 5) is 24.3. The second-order valence-corrected chi connectivity index (χ2v) is 8.23. The molecule has 0 fully saturated rings. The van der Waals surface area contributed by atoms with Gasteiger partial charge in [0, 0.05) is 17.3 Å². The summed E-state index contributed by atoms with van der Waals surface area (Å²) in [6.07, 6.45) is 0. The van der Waals surface area contributed by atoms with E-state index in [0.29, 0.717) is 22.0 Å². The summed E-state index contributed by atoms with van der Waals surface area (Å²) >= 11 is 1.40. The molecular formula is C22H16N6O4S. The van der Waals surface area contributed by atoms with E-state index in [1.807, 2.05) is 32.0 Å². The second kappa shape index (κ2) is 7.95. The molecule has 0 atom stereocenters. The Labute approximate surface area is 190 Å². The number of hydrogen-bond acceptors (Lipinski definition) is 8. The van der Waals surface area contributed by atoms with Gasteiger partial charge in [0.15, 0.2) is 11.6 Å². The Morgan fingerprint density at radius 1 is 1.12 bits per heavy atom. The standard InChI is InChI=1S/C22H16N6O4S/c1-12-7-8-14(21-26-27-13(2)24-25-22(27)33-21)11-16(12)23-20(29)19-10-9-18(32-19)15-5-3-4-6-17(15)28(30)31/h3-11H,1-2H3,(H,23,29). The molecule has 5 rings (SSSR count). The number of para-hydroxylation sites is 1. The maximum absolute atomic E-state index is 12.8. The van der Waals surface area contributed by atoms with E-state index >= 15 is 0 Å². The summed E-state index contributed by atoms with van der Waals surface area (Å²) in [5.41, 5.74) is 2.49. The minimum Gasteiger partial charge on any atom is -0.451 e. The zero-order chi connectivity index (χ0) is 23.1. The Bertz CT molecular complexity index is 1530. The molecule has 0 aliphatic rings. The van der Waals surface area contributed by atoms with Crippen molar-refractivity contribution in [2.45, 2.75) is 13.8 Å². The highest BCUT2D eigenvalue weighted by molar-refractivity contribution is 7.19. The summed E-state index contributed by atoms with van der Waals surface area (Å²) in [7, 11) is 0. The average Bonchev–Trinajstić information content (AvgIpc) is 3.53. The number of fused-ring (bicyclic) bond motifs is 1. The molecule has 0 radical (unpaired) electrons. The van der Waals surface area contributed by atoms with Crippen molar-refractivity contribution in [3.63, 3.8) is 0 Å². The molecule has 0 bridgehead atoms. The first-order valence-corrected chi connectivity index (χ1v) is 10.7. The van der Waals surface area contributed by atoms with Gasteiger partial charge in [0.25, 0.3) is 11.6 Å². The van der Waals surface area contributed by atoms with Gasteiger partial charge < -0.3 is 9.73 Å². The quantitative estimate of drug-likeness (QED) is 0.292. The zero-order valence-electron chi connectivity index (χ0n) is 17.5. The van der Waals surface area contributed by atoms with Gasteiger partial charge in [0.1, 0.15) is 10.8 Å². The molecule has 3 heterocycles. The summed E-state index contributed by atoms with van der Waals surface area (Å²) in [6.45, 7) is 3.70. The summed E-state index contributed by atoms with van der Waals surface area (Å²) in [6, 6.07) is 14.9. The molecule has 0 aliphatic carbocycles. The normalized spacial score (nSPS) is 11.1. The number of rotatable bonds is 5. The van der Waals surface area contributed by atoms with E-state index < -0.39 is 10.8 Å². The number of nitro benzene ring substituents is 1. The van der Waals surface area contributed by atoms with Crippen LogP contribution in [0.4, 0.5) is 11.4 Å². The minimum absolute atomic E-state index is 0.0439. The van der Waals surface area contributed by atoms with Crippen LogP contribution in [0.1, 0.15) is 21.9 Å². The number of nitrogens with one attached hydrogen (secondary N) is 1. The van der Waals surface area contributed by atoms with Crippen LogP contribution in [0, 0.1) is 24.0 Å². The van der Waals surface area contributed by atoms with Crippen molar-refractivity contribution in [3.8, 4) is 21.9 Å². The average molecular weight is 460 g/mol. The summed E-state index contributed by atoms with van der Waals surface area (Å²) in [5.74, 6) is 0.518. The second-order valence-electron chi connectivity index (χ2n) is 7.27. The van der Waals surface area contributed by atoms with Gasteiger partial charge in [-0.3, -0.25) is 14.9 Å². The fourth-order valence-electron chi connectivity index (χ4n) is 3.35. The number of anilines is 1. The van der Waals surface area contributed by atoms with Gasteiger partial charge in [-0.2, -0.15) is 9.61 Å². The Morgan fingerprint density at radius 3 is 2.73 bits per heavy atom. The smallest absolute Gasteiger partial charge is 0.291 e. The lowest BCUT2D eigenvalue weighted by atomic mass is 10.1. The Balaban J connectivity index is 1.42. The first-order chi connectivity index (χ1) is 15.9. The van der Waals surface area contributed by atoms with Gasteiger partial charge in [-0.05, 0) is 43.7 Å². The third kappa shape index (κ3) is 3.74. The van der Waals surface area contributed by atoms with Gasteiger partial charge in [0.05, 0.1) is 10.5 Å². The summed E-state index contributed by atoms with van der Waals surface area (Å²) in [5, 5.41) is 27.5. The van der Waals surface area contributed by atoms with Crippen LogP contribution in [0.5, 0.6) is 0 Å². The van der Waals surface area contributed by atoms with Crippen molar-refractivity contribution in [3.05, 3.63) is 81.9 Å². The highest BCUT2D eigenvalue weighted by Gasteiger charge is 2.20. The van der Waals surface area contributed by atoms with Crippen LogP contribution < -0.4 is 5.32 Å². The molecule has 33 heavy (non-hydrogen) atoms. The van der Waals surface area contributed by atoms with Gasteiger partial charge >= 0.3 is 0 Å². The van der Waals surface area contributed by atoms with Crippen LogP contribution >= 0.6 is 11.3 Å². The molecule has 5 aromatic rings. The molecule has 1 N–H and O–H groups in total. The zero-order valence-corrected chi connectivity index (χ0v) is 18.3. The van der Waals surface area contributed by atoms with E-state index in [4.69, 9.17) is 4.42 Å². The lowest BCUT2D eigenvalue weighted by Gasteiger charge is -2.08. The van der Waals surface area contributed by atoms with E-state index in [-0.39, 0.29) is 17.2 Å². The topological polar surface area (TPSA) is 128 Å². The van der Waals surface area contributed by atoms with Crippen molar-refractivity contribution in [2.24, 2.45) is 0 Å². The third-order valence-electron chi connectivity index (χ3n) is 5.08. The van der Waals surface area contributed by atoms with Crippen molar-refractivity contribution in [1.82, 2.24) is 19.8 Å². The van der Waals surface area contributed by atoms with Crippen LogP contribution in [0.3, 0.4) is 0 Å². The maximum atomic E-state index is 12.8. The van der Waals surface area contributed by atoms with E-state index in [2.05, 4.69) is 20.6 Å². The molecule has 0 saturated heterocycles. The fourth-order valence-corrected chi connectivity index (χ4v) is 4.23. The molecule has 0 saturated carbocycles. The Hall–Kier alpha value is -4.38. The fraction of sp³-hybridized carbons (Fsp3) is 0.0909. The molecule has 1 amide bonds. The van der Waals surface area contributed by atoms with Crippen LogP contribution in [0.15, 0.2) is 59.0 Å². The first-order valence-electron chi connectivity index (χ1n) is 9.85. The van der Waals surface area contributed by atoms with Crippen LogP contribution in [-0.2, 0) is 0 Å². The van der Waals surface area contributed by atoms with Crippen LogP contribution in [-0.4, -0.2) is 30.6 Å².